The third-order valence-corrected chi connectivity index (χ3v) is 6.63. The number of alkyl halides is 1. The molecule has 1 aromatic heterocycles. The number of benzene rings is 1. The Kier molecular flexibility index (Phi) is 7.83. The molecular weight excluding hydrogens is 469 g/mol. The van der Waals surface area contributed by atoms with Crippen LogP contribution in [0.15, 0.2) is 36.5 Å². The maximum Gasteiger partial charge on any atom is 0.252 e. The van der Waals surface area contributed by atoms with Gasteiger partial charge >= 0.3 is 0 Å². The van der Waals surface area contributed by atoms with Gasteiger partial charge in [0.25, 0.3) is 5.91 Å². The second kappa shape index (κ2) is 9.69. The highest BCUT2D eigenvalue weighted by Gasteiger charge is 2.58. The quantitative estimate of drug-likeness (QED) is 0.551. The van der Waals surface area contributed by atoms with Crippen LogP contribution in [0.2, 0.25) is 10.2 Å². The molecule has 1 aliphatic heterocycles. The van der Waals surface area contributed by atoms with Crippen LogP contribution in [-0.2, 0) is 10.5 Å². The highest BCUT2D eigenvalue weighted by Crippen LogP contribution is 2.51. The Morgan fingerprint density at radius 1 is 1.11 bits per heavy atom. The van der Waals surface area contributed by atoms with Gasteiger partial charge in [0.15, 0.2) is 0 Å². The highest BCUT2D eigenvalue weighted by atomic mass is 35.5. The number of nitrogens with zero attached hydrogens (tertiary/aromatic N) is 2. The molecule has 2 aromatic rings. The predicted octanol–water partition coefficient (Wildman–Crippen LogP) is -0.775. The predicted molar refractivity (Wildman–Crippen MR) is 144 cm³/mol. The molecule has 1 aliphatic rings. The molecule has 3 rings (SSSR count). The Morgan fingerprint density at radius 2 is 1.75 bits per heavy atom. The second-order valence-electron chi connectivity index (χ2n) is 9.08. The van der Waals surface area contributed by atoms with Gasteiger partial charge in [-0.1, -0.05) is 22.9 Å². The largest absolute Gasteiger partial charge is 0.351 e. The Bertz CT molecular complexity index is 1150. The van der Waals surface area contributed by atoms with E-state index in [2.05, 4.69) is 10.3 Å². The molecule has 4 nitrogen and oxygen atoms in total. The molecule has 1 atom stereocenters. The van der Waals surface area contributed by atoms with E-state index in [1.807, 2.05) is 0 Å². The average molecular weight is 482 g/mol. The number of halogens is 3. The third-order valence-electron chi connectivity index (χ3n) is 6.34. The summed E-state index contributed by atoms with van der Waals surface area (Å²) in [5, 5.41) is -6.08. The summed E-state index contributed by atoms with van der Waals surface area (Å²) in [7, 11) is 53.6. The Balaban J connectivity index is 1.81. The Hall–Kier alpha value is -1.47. The minimum atomic E-state index is -2.50. The molecule has 1 unspecified atom stereocenters. The molecule has 1 amide bonds. The number of carbonyl (C=O) groups is 1. The number of nitrogens with one attached hydrogen (secondary N) is 1. The molecule has 1 aromatic carbocycles. The lowest BCUT2D eigenvalue weighted by Crippen LogP contribution is -2.73. The number of aromatic nitrogens is 1. The molecular formula is C20H13B9ClF2N3O. The number of pyridine rings is 1. The van der Waals surface area contributed by atoms with Gasteiger partial charge in [-0.25, -0.2) is 8.78 Å². The van der Waals surface area contributed by atoms with Gasteiger partial charge in [-0.05, 0) is 46.9 Å². The van der Waals surface area contributed by atoms with Crippen molar-refractivity contribution in [3.63, 3.8) is 0 Å². The van der Waals surface area contributed by atoms with Crippen molar-refractivity contribution in [1.82, 2.24) is 15.2 Å². The molecule has 162 valence electrons. The van der Waals surface area contributed by atoms with Crippen molar-refractivity contribution in [2.45, 2.75) is 33.1 Å². The molecule has 0 saturated carbocycles. The van der Waals surface area contributed by atoms with Gasteiger partial charge < -0.3 is 10.2 Å². The van der Waals surface area contributed by atoms with E-state index in [1.54, 1.807) is 0 Å². The molecule has 1 N–H and O–H groups in total. The maximum atomic E-state index is 16.2. The first-order valence-corrected chi connectivity index (χ1v) is 11.0. The zero-order valence-electron chi connectivity index (χ0n) is 19.2. The third kappa shape index (κ3) is 5.25. The lowest BCUT2D eigenvalue weighted by atomic mass is 9.27. The zero-order chi connectivity index (χ0) is 27.3. The number of hydrogen-bond donors (Lipinski definition) is 1. The van der Waals surface area contributed by atoms with Crippen molar-refractivity contribution in [1.29, 1.82) is 0 Å². The summed E-state index contributed by atoms with van der Waals surface area (Å²) in [6.07, 6.45) is 0.867. The van der Waals surface area contributed by atoms with Crippen LogP contribution in [0.25, 0.3) is 0 Å². The number of piperidine rings is 1. The van der Waals surface area contributed by atoms with Crippen molar-refractivity contribution in [2.24, 2.45) is 0 Å². The smallest absolute Gasteiger partial charge is 0.252 e. The van der Waals surface area contributed by atoms with Crippen molar-refractivity contribution < 1.29 is 13.6 Å². The van der Waals surface area contributed by atoms with Crippen molar-refractivity contribution >= 4 is 88.1 Å². The molecule has 0 aliphatic carbocycles. The topological polar surface area (TPSA) is 45.2 Å². The summed E-state index contributed by atoms with van der Waals surface area (Å²) >= 11 is 5.76. The summed E-state index contributed by atoms with van der Waals surface area (Å²) in [6, 6.07) is 6.11. The molecule has 0 bridgehead atoms. The second-order valence-corrected chi connectivity index (χ2v) is 9.49. The van der Waals surface area contributed by atoms with Gasteiger partial charge in [-0.3, -0.25) is 9.78 Å². The summed E-state index contributed by atoms with van der Waals surface area (Å²) in [5.41, 5.74) is -2.16. The zero-order valence-corrected chi connectivity index (χ0v) is 20.0. The summed E-state index contributed by atoms with van der Waals surface area (Å²) in [5.74, 6) is -1.51. The van der Waals surface area contributed by atoms with Crippen LogP contribution in [0, 0.1) is 5.82 Å². The van der Waals surface area contributed by atoms with E-state index in [1.165, 1.54) is 24.4 Å². The van der Waals surface area contributed by atoms with E-state index >= 15 is 4.39 Å². The van der Waals surface area contributed by atoms with Gasteiger partial charge in [0, 0.05) is 30.5 Å². The van der Waals surface area contributed by atoms with E-state index in [4.69, 9.17) is 82.2 Å². The van der Waals surface area contributed by atoms with Gasteiger partial charge in [0.05, 0.1) is 75.6 Å². The lowest BCUT2D eigenvalue weighted by Gasteiger charge is -2.62. The number of carbonyl (C=O) groups excluding carboxylic acids is 1. The number of rotatable bonds is 6. The minimum absolute atomic E-state index is 0.0455. The van der Waals surface area contributed by atoms with Crippen molar-refractivity contribution in [2.75, 3.05) is 13.1 Å². The fourth-order valence-corrected chi connectivity index (χ4v) is 4.00. The molecule has 18 radical (unpaired) electrons. The van der Waals surface area contributed by atoms with E-state index in [0.29, 0.717) is 5.56 Å². The van der Waals surface area contributed by atoms with Crippen LogP contribution >= 0.6 is 11.6 Å². The SMILES string of the molecule is [B]C([B])([B])c1ccc(C([B])([B])NCC2(F)CCN(C(=O)c3ccc(F)c(Cl)c3)C([B])([B])C2([B])[B])nc1. The number of amides is 1. The van der Waals surface area contributed by atoms with E-state index in [9.17, 15) is 9.18 Å². The lowest BCUT2D eigenvalue weighted by molar-refractivity contribution is 0.0132. The molecule has 16 heteroatoms. The van der Waals surface area contributed by atoms with Gasteiger partial charge in [0.1, 0.15) is 11.5 Å². The van der Waals surface area contributed by atoms with Crippen molar-refractivity contribution in [3.05, 3.63) is 64.2 Å². The number of likely N-dealkylation sites (tertiary alicyclic amines) is 1. The van der Waals surface area contributed by atoms with E-state index < -0.39 is 51.4 Å². The average Bonchev–Trinajstić information content (AvgIpc) is 2.78. The van der Waals surface area contributed by atoms with Crippen LogP contribution in [0.1, 0.15) is 28.0 Å². The van der Waals surface area contributed by atoms with Gasteiger partial charge in [-0.15, -0.1) is 5.11 Å². The fourth-order valence-electron chi connectivity index (χ4n) is 3.82. The maximum absolute atomic E-state index is 16.2. The normalized spacial score (nSPS) is 21.7. The Labute approximate surface area is 226 Å². The Morgan fingerprint density at radius 3 is 2.28 bits per heavy atom. The molecule has 2 heterocycles. The molecule has 0 spiro atoms. The van der Waals surface area contributed by atoms with Crippen LogP contribution in [0.5, 0.6) is 0 Å². The first kappa shape index (κ1) is 29.1. The highest BCUT2D eigenvalue weighted by molar-refractivity contribution is 6.59. The molecule has 36 heavy (non-hydrogen) atoms. The molecule has 1 fully saturated rings. The fraction of sp³-hybridized carbons (Fsp3) is 0.400. The first-order valence-electron chi connectivity index (χ1n) is 10.6. The number of hydrogen-bond acceptors (Lipinski definition) is 3. The monoisotopic (exact) mass is 483 g/mol. The van der Waals surface area contributed by atoms with E-state index in [-0.39, 0.29) is 22.8 Å². The summed E-state index contributed by atoms with van der Waals surface area (Å²) < 4.78 is 29.7. The van der Waals surface area contributed by atoms with E-state index in [0.717, 1.165) is 17.0 Å². The van der Waals surface area contributed by atoms with Crippen molar-refractivity contribution in [3.8, 4) is 0 Å². The van der Waals surface area contributed by atoms with Gasteiger partial charge in [-0.2, -0.15) is 0 Å². The van der Waals surface area contributed by atoms with Crippen LogP contribution < -0.4 is 5.32 Å². The van der Waals surface area contributed by atoms with Crippen LogP contribution in [-0.4, -0.2) is 111 Å². The summed E-state index contributed by atoms with van der Waals surface area (Å²) in [6.45, 7) is -0.915. The summed E-state index contributed by atoms with van der Waals surface area (Å²) in [4.78, 5) is 18.0. The van der Waals surface area contributed by atoms with Crippen LogP contribution in [0.4, 0.5) is 8.78 Å². The van der Waals surface area contributed by atoms with Crippen LogP contribution in [0.3, 0.4) is 0 Å². The first-order chi connectivity index (χ1) is 16.3. The molecule has 1 saturated heterocycles. The standard InChI is InChI=1S/C20H13B9ClF2N3O/c21-17(22,23)11-2-4-14(33-8-11)18(24,25)34-9-16(32)5-6-35(20(28,29)19(16,26)27)15(36)10-1-3-13(31)12(30)7-10/h1-4,7-8,34H,5-6,9H2. The van der Waals surface area contributed by atoms with Gasteiger partial charge in [0.2, 0.25) is 0 Å². The minimum Gasteiger partial charge on any atom is -0.351 e.